The lowest BCUT2D eigenvalue weighted by Crippen LogP contribution is -2.57. The van der Waals surface area contributed by atoms with Gasteiger partial charge in [-0.25, -0.2) is 0 Å². The molecule has 1 saturated heterocycles. The van der Waals surface area contributed by atoms with Crippen LogP contribution < -0.4 is 0 Å². The maximum atomic E-state index is 12.6. The summed E-state index contributed by atoms with van der Waals surface area (Å²) in [6.45, 7) is 7.22. The average Bonchev–Trinajstić information content (AvgIpc) is 2.68. The Kier molecular flexibility index (Phi) is 6.30. The lowest BCUT2D eigenvalue weighted by molar-refractivity contribution is -0.178. The highest BCUT2D eigenvalue weighted by Gasteiger charge is 2.40. The SMILES string of the molecule is CCN1CC(C)(C)OC(=O)C1CC(=O)CCc1cccc(-c2ccccc2)c1. The number of Topliss-reactive ketones (excluding diaryl/α,β-unsaturated/α-hetero) is 1. The van der Waals surface area contributed by atoms with Gasteiger partial charge < -0.3 is 4.74 Å². The number of ketones is 1. The van der Waals surface area contributed by atoms with Gasteiger partial charge in [0.1, 0.15) is 17.4 Å². The van der Waals surface area contributed by atoms with Gasteiger partial charge in [0, 0.05) is 19.4 Å². The van der Waals surface area contributed by atoms with Crippen molar-refractivity contribution in [1.29, 1.82) is 0 Å². The number of ether oxygens (including phenoxy) is 1. The van der Waals surface area contributed by atoms with Crippen LogP contribution in [0.15, 0.2) is 54.6 Å². The maximum absolute atomic E-state index is 12.6. The molecule has 28 heavy (non-hydrogen) atoms. The van der Waals surface area contributed by atoms with Crippen LogP contribution in [0.2, 0.25) is 0 Å². The molecule has 1 unspecified atom stereocenters. The van der Waals surface area contributed by atoms with E-state index in [1.807, 2.05) is 45.0 Å². The van der Waals surface area contributed by atoms with Gasteiger partial charge in [-0.15, -0.1) is 0 Å². The zero-order valence-electron chi connectivity index (χ0n) is 17.0. The molecule has 1 aliphatic rings. The zero-order valence-corrected chi connectivity index (χ0v) is 17.0. The highest BCUT2D eigenvalue weighted by atomic mass is 16.6. The third kappa shape index (κ3) is 5.08. The molecule has 1 heterocycles. The second-order valence-corrected chi connectivity index (χ2v) is 8.07. The van der Waals surface area contributed by atoms with Gasteiger partial charge in [0.2, 0.25) is 0 Å². The number of hydrogen-bond acceptors (Lipinski definition) is 4. The summed E-state index contributed by atoms with van der Waals surface area (Å²) in [5.41, 5.74) is 2.96. The van der Waals surface area contributed by atoms with E-state index in [9.17, 15) is 9.59 Å². The summed E-state index contributed by atoms with van der Waals surface area (Å²) in [5.74, 6) is -0.178. The highest BCUT2D eigenvalue weighted by molar-refractivity contribution is 5.87. The lowest BCUT2D eigenvalue weighted by Gasteiger charge is -2.41. The number of likely N-dealkylation sites (N-methyl/N-ethyl adjacent to an activating group) is 1. The Labute approximate surface area is 167 Å². The number of benzene rings is 2. The minimum absolute atomic E-state index is 0.102. The van der Waals surface area contributed by atoms with Gasteiger partial charge >= 0.3 is 5.97 Å². The molecule has 148 valence electrons. The minimum atomic E-state index is -0.496. The van der Waals surface area contributed by atoms with Crippen molar-refractivity contribution in [3.8, 4) is 11.1 Å². The van der Waals surface area contributed by atoms with Crippen molar-refractivity contribution in [3.05, 3.63) is 60.2 Å². The van der Waals surface area contributed by atoms with Crippen LogP contribution in [0.25, 0.3) is 11.1 Å². The molecule has 0 bridgehead atoms. The summed E-state index contributed by atoms with van der Waals surface area (Å²) in [6, 6.07) is 18.1. The molecule has 2 aromatic rings. The zero-order chi connectivity index (χ0) is 20.1. The van der Waals surface area contributed by atoms with E-state index in [-0.39, 0.29) is 18.2 Å². The van der Waals surface area contributed by atoms with Crippen LogP contribution in [-0.4, -0.2) is 41.4 Å². The van der Waals surface area contributed by atoms with Crippen molar-refractivity contribution in [3.63, 3.8) is 0 Å². The first-order valence-electron chi connectivity index (χ1n) is 10.0. The van der Waals surface area contributed by atoms with Gasteiger partial charge in [0.25, 0.3) is 0 Å². The predicted molar refractivity (Wildman–Crippen MR) is 111 cm³/mol. The molecule has 4 nitrogen and oxygen atoms in total. The molecular formula is C24H29NO3. The fourth-order valence-electron chi connectivity index (χ4n) is 3.80. The van der Waals surface area contributed by atoms with E-state index in [4.69, 9.17) is 4.74 Å². The van der Waals surface area contributed by atoms with Crippen molar-refractivity contribution in [1.82, 2.24) is 4.90 Å². The van der Waals surface area contributed by atoms with Crippen molar-refractivity contribution in [2.24, 2.45) is 0 Å². The van der Waals surface area contributed by atoms with Crippen molar-refractivity contribution >= 4 is 11.8 Å². The van der Waals surface area contributed by atoms with Crippen molar-refractivity contribution in [2.75, 3.05) is 13.1 Å². The van der Waals surface area contributed by atoms with E-state index < -0.39 is 11.6 Å². The van der Waals surface area contributed by atoms with Crippen molar-refractivity contribution < 1.29 is 14.3 Å². The lowest BCUT2D eigenvalue weighted by atomic mass is 9.97. The Morgan fingerprint density at radius 3 is 2.54 bits per heavy atom. The Balaban J connectivity index is 1.59. The normalized spacial score (nSPS) is 19.2. The molecule has 0 saturated carbocycles. The molecule has 0 N–H and O–H groups in total. The van der Waals surface area contributed by atoms with E-state index in [0.717, 1.165) is 17.7 Å². The second-order valence-electron chi connectivity index (χ2n) is 8.07. The third-order valence-electron chi connectivity index (χ3n) is 5.23. The van der Waals surface area contributed by atoms with Crippen LogP contribution in [0.1, 0.15) is 39.2 Å². The van der Waals surface area contributed by atoms with Crippen LogP contribution in [0.3, 0.4) is 0 Å². The van der Waals surface area contributed by atoms with Gasteiger partial charge in [-0.3, -0.25) is 14.5 Å². The number of rotatable bonds is 7. The molecular weight excluding hydrogens is 350 g/mol. The van der Waals surface area contributed by atoms with Crippen LogP contribution in [0.4, 0.5) is 0 Å². The molecule has 0 aromatic heterocycles. The summed E-state index contributed by atoms with van der Waals surface area (Å²) in [4.78, 5) is 27.0. The number of nitrogens with zero attached hydrogens (tertiary/aromatic N) is 1. The molecule has 1 atom stereocenters. The van der Waals surface area contributed by atoms with Gasteiger partial charge in [0.15, 0.2) is 0 Å². The monoisotopic (exact) mass is 379 g/mol. The quantitative estimate of drug-likeness (QED) is 0.674. The fourth-order valence-corrected chi connectivity index (χ4v) is 3.80. The van der Waals surface area contributed by atoms with E-state index in [1.54, 1.807) is 0 Å². The van der Waals surface area contributed by atoms with E-state index in [0.29, 0.717) is 19.4 Å². The molecule has 0 spiro atoms. The van der Waals surface area contributed by atoms with Crippen molar-refractivity contribution in [2.45, 2.75) is 51.7 Å². The number of cyclic esters (lactones) is 1. The summed E-state index contributed by atoms with van der Waals surface area (Å²) in [7, 11) is 0. The first-order valence-corrected chi connectivity index (χ1v) is 10.0. The Morgan fingerprint density at radius 2 is 1.82 bits per heavy atom. The first kappa shape index (κ1) is 20.3. The minimum Gasteiger partial charge on any atom is -0.457 e. The number of carbonyl (C=O) groups excluding carboxylic acids is 2. The van der Waals surface area contributed by atoms with Crippen LogP contribution >= 0.6 is 0 Å². The number of esters is 1. The first-order chi connectivity index (χ1) is 13.4. The largest absolute Gasteiger partial charge is 0.457 e. The second kappa shape index (κ2) is 8.70. The summed E-state index contributed by atoms with van der Waals surface area (Å²) >= 11 is 0. The Hall–Kier alpha value is -2.46. The molecule has 0 radical (unpaired) electrons. The third-order valence-corrected chi connectivity index (χ3v) is 5.23. The average molecular weight is 380 g/mol. The molecule has 0 aliphatic carbocycles. The van der Waals surface area contributed by atoms with E-state index in [2.05, 4.69) is 35.2 Å². The predicted octanol–water partition coefficient (Wildman–Crippen LogP) is 4.27. The van der Waals surface area contributed by atoms with Gasteiger partial charge in [-0.2, -0.15) is 0 Å². The van der Waals surface area contributed by atoms with Gasteiger partial charge in [0.05, 0.1) is 0 Å². The summed E-state index contributed by atoms with van der Waals surface area (Å²) < 4.78 is 5.51. The molecule has 3 rings (SSSR count). The smallest absolute Gasteiger partial charge is 0.324 e. The molecule has 1 fully saturated rings. The molecule has 0 amide bonds. The fraction of sp³-hybridized carbons (Fsp3) is 0.417. The highest BCUT2D eigenvalue weighted by Crippen LogP contribution is 2.24. The van der Waals surface area contributed by atoms with Gasteiger partial charge in [-0.05, 0) is 43.5 Å². The van der Waals surface area contributed by atoms with Crippen LogP contribution in [-0.2, 0) is 20.7 Å². The molecule has 2 aromatic carbocycles. The Bertz CT molecular complexity index is 829. The summed E-state index contributed by atoms with van der Waals surface area (Å²) in [5, 5.41) is 0. The number of morpholine rings is 1. The van der Waals surface area contributed by atoms with Crippen LogP contribution in [0.5, 0.6) is 0 Å². The van der Waals surface area contributed by atoms with E-state index >= 15 is 0 Å². The Morgan fingerprint density at radius 1 is 1.11 bits per heavy atom. The summed E-state index contributed by atoms with van der Waals surface area (Å²) in [6.07, 6.45) is 1.34. The molecule has 1 aliphatic heterocycles. The topological polar surface area (TPSA) is 46.6 Å². The maximum Gasteiger partial charge on any atom is 0.324 e. The standard InChI is InChI=1S/C24H29NO3/c1-4-25-17-24(2,3)28-23(27)22(25)16-21(26)14-13-18-9-8-12-20(15-18)19-10-6-5-7-11-19/h5-12,15,22H,4,13-14,16-17H2,1-3H3. The number of hydrogen-bond donors (Lipinski definition) is 0. The number of aryl methyl sites for hydroxylation is 1. The van der Waals surface area contributed by atoms with Gasteiger partial charge in [-0.1, -0.05) is 61.5 Å². The van der Waals surface area contributed by atoms with E-state index in [1.165, 1.54) is 5.56 Å². The molecule has 4 heteroatoms. The number of carbonyl (C=O) groups is 2. The van der Waals surface area contributed by atoms with Crippen LogP contribution in [0, 0.1) is 0 Å².